The van der Waals surface area contributed by atoms with Crippen molar-refractivity contribution in [3.63, 3.8) is 0 Å². The first kappa shape index (κ1) is 23.5. The number of hydrogen-bond acceptors (Lipinski definition) is 4. The van der Waals surface area contributed by atoms with E-state index in [0.29, 0.717) is 19.1 Å². The molecule has 27 heavy (non-hydrogen) atoms. The fourth-order valence-electron chi connectivity index (χ4n) is 3.11. The molecule has 0 bridgehead atoms. The van der Waals surface area contributed by atoms with Gasteiger partial charge in [-0.05, 0) is 36.5 Å². The largest absolute Gasteiger partial charge is 0.492 e. The number of carbonyl (C=O) groups is 1. The lowest BCUT2D eigenvalue weighted by Crippen LogP contribution is -2.47. The number of carbonyl (C=O) groups excluding carboxylic acids is 1. The molecule has 0 spiro atoms. The summed E-state index contributed by atoms with van der Waals surface area (Å²) in [6, 6.07) is 8.25. The van der Waals surface area contributed by atoms with E-state index in [4.69, 9.17) is 9.47 Å². The third kappa shape index (κ3) is 7.20. The number of nitrogens with zero attached hydrogens (tertiary/aromatic N) is 2. The summed E-state index contributed by atoms with van der Waals surface area (Å²) in [7, 11) is 3.23. The van der Waals surface area contributed by atoms with Gasteiger partial charge in [-0.2, -0.15) is 0 Å². The van der Waals surface area contributed by atoms with Gasteiger partial charge < -0.3 is 19.7 Å². The first-order valence-corrected chi connectivity index (χ1v) is 9.31. The minimum Gasteiger partial charge on any atom is -0.492 e. The molecule has 6 nitrogen and oxygen atoms in total. The van der Waals surface area contributed by atoms with Crippen molar-refractivity contribution in [2.24, 2.45) is 10.9 Å². The normalized spacial score (nSPS) is 15.3. The van der Waals surface area contributed by atoms with Gasteiger partial charge in [-0.25, -0.2) is 0 Å². The number of ether oxygens (including phenoxy) is 2. The lowest BCUT2D eigenvalue weighted by atomic mass is 9.97. The molecule has 0 saturated carbocycles. The van der Waals surface area contributed by atoms with Crippen molar-refractivity contribution in [2.75, 3.05) is 40.4 Å². The number of esters is 1. The summed E-state index contributed by atoms with van der Waals surface area (Å²) in [5, 5.41) is 3.33. The molecule has 0 atom stereocenters. The number of guanidine groups is 1. The van der Waals surface area contributed by atoms with Gasteiger partial charge in [-0.1, -0.05) is 26.0 Å². The predicted octanol–water partition coefficient (Wildman–Crippen LogP) is 3.27. The number of nitrogens with one attached hydrogen (secondary N) is 1. The molecule has 1 N–H and O–H groups in total. The zero-order valence-electron chi connectivity index (χ0n) is 16.7. The summed E-state index contributed by atoms with van der Waals surface area (Å²) >= 11 is 0. The average molecular weight is 489 g/mol. The molecule has 0 amide bonds. The van der Waals surface area contributed by atoms with Crippen molar-refractivity contribution >= 4 is 35.9 Å². The molecule has 1 aliphatic heterocycles. The Morgan fingerprint density at radius 2 is 1.89 bits per heavy atom. The van der Waals surface area contributed by atoms with E-state index in [1.54, 1.807) is 7.05 Å². The second-order valence-corrected chi connectivity index (χ2v) is 6.83. The average Bonchev–Trinajstić information content (AvgIpc) is 2.68. The van der Waals surface area contributed by atoms with Crippen LogP contribution in [0.25, 0.3) is 0 Å². The van der Waals surface area contributed by atoms with Gasteiger partial charge in [0.1, 0.15) is 12.4 Å². The molecule has 1 aliphatic rings. The van der Waals surface area contributed by atoms with Crippen LogP contribution in [0, 0.1) is 5.92 Å². The molecule has 0 unspecified atom stereocenters. The highest BCUT2D eigenvalue weighted by atomic mass is 127. The minimum atomic E-state index is -0.107. The van der Waals surface area contributed by atoms with Crippen molar-refractivity contribution in [3.05, 3.63) is 29.8 Å². The molecule has 152 valence electrons. The second kappa shape index (κ2) is 12.0. The molecule has 2 rings (SSSR count). The maximum atomic E-state index is 11.6. The Labute approximate surface area is 179 Å². The van der Waals surface area contributed by atoms with Crippen molar-refractivity contribution < 1.29 is 14.3 Å². The third-order valence-electron chi connectivity index (χ3n) is 4.74. The number of aliphatic imine (C=N–C) groups is 1. The summed E-state index contributed by atoms with van der Waals surface area (Å²) in [5.41, 5.74) is 1.31. The summed E-state index contributed by atoms with van der Waals surface area (Å²) in [6.07, 6.45) is 1.60. The number of piperidine rings is 1. The van der Waals surface area contributed by atoms with Crippen molar-refractivity contribution in [1.29, 1.82) is 0 Å². The Bertz CT molecular complexity index is 597. The van der Waals surface area contributed by atoms with Crippen LogP contribution in [0.3, 0.4) is 0 Å². The van der Waals surface area contributed by atoms with E-state index in [2.05, 4.69) is 41.2 Å². The van der Waals surface area contributed by atoms with E-state index in [1.807, 2.05) is 12.1 Å². The van der Waals surface area contributed by atoms with Gasteiger partial charge in [0.2, 0.25) is 0 Å². The summed E-state index contributed by atoms with van der Waals surface area (Å²) in [5.74, 6) is 2.16. The van der Waals surface area contributed by atoms with Crippen LogP contribution in [-0.2, 0) is 9.53 Å². The smallest absolute Gasteiger partial charge is 0.308 e. The first-order valence-electron chi connectivity index (χ1n) is 9.31. The van der Waals surface area contributed by atoms with Gasteiger partial charge in [0.05, 0.1) is 19.6 Å². The van der Waals surface area contributed by atoms with Crippen molar-refractivity contribution in [3.8, 4) is 5.75 Å². The SMILES string of the molecule is CN=C(NCCOc1ccc(C(C)C)cc1)N1CCC(C(=O)OC)CC1.I. The maximum absolute atomic E-state index is 11.6. The Kier molecular flexibility index (Phi) is 10.5. The Balaban J connectivity index is 0.00000364. The Morgan fingerprint density at radius 1 is 1.26 bits per heavy atom. The van der Waals surface area contributed by atoms with Crippen molar-refractivity contribution in [2.45, 2.75) is 32.6 Å². The van der Waals surface area contributed by atoms with Crippen LogP contribution in [0.15, 0.2) is 29.3 Å². The van der Waals surface area contributed by atoms with Crippen LogP contribution < -0.4 is 10.1 Å². The quantitative estimate of drug-likeness (QED) is 0.219. The third-order valence-corrected chi connectivity index (χ3v) is 4.74. The van der Waals surface area contributed by atoms with Crippen LogP contribution in [-0.4, -0.2) is 57.2 Å². The lowest BCUT2D eigenvalue weighted by Gasteiger charge is -2.33. The topological polar surface area (TPSA) is 63.2 Å². The minimum absolute atomic E-state index is 0. The summed E-state index contributed by atoms with van der Waals surface area (Å²) in [4.78, 5) is 18.1. The van der Waals surface area contributed by atoms with Crippen molar-refractivity contribution in [1.82, 2.24) is 10.2 Å². The number of halogens is 1. The molecule has 1 aromatic carbocycles. The first-order chi connectivity index (χ1) is 12.5. The van der Waals surface area contributed by atoms with Gasteiger partial charge in [0.15, 0.2) is 5.96 Å². The zero-order valence-corrected chi connectivity index (χ0v) is 19.1. The van der Waals surface area contributed by atoms with E-state index < -0.39 is 0 Å². The highest BCUT2D eigenvalue weighted by Gasteiger charge is 2.26. The van der Waals surface area contributed by atoms with Crippen LogP contribution in [0.5, 0.6) is 5.75 Å². The number of rotatable bonds is 6. The van der Waals surface area contributed by atoms with Crippen LogP contribution in [0.4, 0.5) is 0 Å². The molecular weight excluding hydrogens is 457 g/mol. The van der Waals surface area contributed by atoms with Crippen LogP contribution in [0.2, 0.25) is 0 Å². The monoisotopic (exact) mass is 489 g/mol. The van der Waals surface area contributed by atoms with E-state index in [0.717, 1.165) is 37.6 Å². The molecule has 0 aliphatic carbocycles. The molecular formula is C20H32IN3O3. The summed E-state index contributed by atoms with van der Waals surface area (Å²) in [6.45, 7) is 7.21. The molecule has 0 radical (unpaired) electrons. The van der Waals surface area contributed by atoms with E-state index in [-0.39, 0.29) is 35.9 Å². The second-order valence-electron chi connectivity index (χ2n) is 6.83. The fourth-order valence-corrected chi connectivity index (χ4v) is 3.11. The predicted molar refractivity (Wildman–Crippen MR) is 119 cm³/mol. The summed E-state index contributed by atoms with van der Waals surface area (Å²) < 4.78 is 10.6. The number of hydrogen-bond donors (Lipinski definition) is 1. The highest BCUT2D eigenvalue weighted by molar-refractivity contribution is 14.0. The standard InChI is InChI=1S/C20H31N3O3.HI/c1-15(2)16-5-7-18(8-6-16)26-14-11-22-20(21-3)23-12-9-17(10-13-23)19(24)25-4;/h5-8,15,17H,9-14H2,1-4H3,(H,21,22);1H. The van der Waals surface area contributed by atoms with Gasteiger partial charge >= 0.3 is 5.97 Å². The van der Waals surface area contributed by atoms with Gasteiger partial charge in [-0.15, -0.1) is 24.0 Å². The molecule has 1 heterocycles. The zero-order chi connectivity index (χ0) is 18.9. The molecule has 1 saturated heterocycles. The maximum Gasteiger partial charge on any atom is 0.308 e. The van der Waals surface area contributed by atoms with Gasteiger partial charge in [-0.3, -0.25) is 9.79 Å². The number of methoxy groups -OCH3 is 1. The van der Waals surface area contributed by atoms with Gasteiger partial charge in [0, 0.05) is 20.1 Å². The highest BCUT2D eigenvalue weighted by Crippen LogP contribution is 2.19. The lowest BCUT2D eigenvalue weighted by molar-refractivity contribution is -0.146. The van der Waals surface area contributed by atoms with E-state index in [9.17, 15) is 4.79 Å². The number of benzene rings is 1. The Hall–Kier alpha value is -1.51. The van der Waals surface area contributed by atoms with E-state index >= 15 is 0 Å². The number of likely N-dealkylation sites (tertiary alicyclic amines) is 1. The van der Waals surface area contributed by atoms with Gasteiger partial charge in [0.25, 0.3) is 0 Å². The van der Waals surface area contributed by atoms with Crippen LogP contribution >= 0.6 is 24.0 Å². The van der Waals surface area contributed by atoms with E-state index in [1.165, 1.54) is 12.7 Å². The molecule has 7 heteroatoms. The molecule has 0 aromatic heterocycles. The van der Waals surface area contributed by atoms with Crippen LogP contribution in [0.1, 0.15) is 38.2 Å². The Morgan fingerprint density at radius 3 is 2.41 bits per heavy atom. The molecule has 1 fully saturated rings. The molecule has 1 aromatic rings. The fraction of sp³-hybridized carbons (Fsp3) is 0.600.